The first-order valence-corrected chi connectivity index (χ1v) is 8.02. The van der Waals surface area contributed by atoms with Crippen LogP contribution in [0.15, 0.2) is 46.9 Å². The van der Waals surface area contributed by atoms with E-state index < -0.39 is 0 Å². The Hall–Kier alpha value is -1.19. The molecular weight excluding hydrogens is 329 g/mol. The molecule has 0 amide bonds. The maximum Gasteiger partial charge on any atom is 0.129 e. The largest absolute Gasteiger partial charge is 0.313 e. The fourth-order valence-corrected chi connectivity index (χ4v) is 3.08. The Morgan fingerprint density at radius 1 is 1.10 bits per heavy atom. The third kappa shape index (κ3) is 3.92. The van der Waals surface area contributed by atoms with Gasteiger partial charge in [-0.2, -0.15) is 0 Å². The van der Waals surface area contributed by atoms with Crippen LogP contribution < -0.4 is 5.32 Å². The zero-order valence-corrected chi connectivity index (χ0v) is 14.2. The van der Waals surface area contributed by atoms with E-state index >= 15 is 0 Å². The zero-order chi connectivity index (χ0) is 15.4. The first-order valence-electron chi connectivity index (χ1n) is 7.23. The van der Waals surface area contributed by atoms with Crippen LogP contribution in [-0.4, -0.2) is 7.05 Å². The molecule has 0 spiro atoms. The maximum absolute atomic E-state index is 14.1. The highest BCUT2D eigenvalue weighted by Gasteiger charge is 2.17. The number of likely N-dealkylation sites (N-methyl/N-ethyl adjacent to an activating group) is 1. The van der Waals surface area contributed by atoms with Gasteiger partial charge in [0.25, 0.3) is 0 Å². The third-order valence-electron chi connectivity index (χ3n) is 3.78. The van der Waals surface area contributed by atoms with Gasteiger partial charge in [-0.3, -0.25) is 0 Å². The number of hydrogen-bond acceptors (Lipinski definition) is 1. The molecule has 0 aliphatic carbocycles. The first kappa shape index (κ1) is 16.2. The highest BCUT2D eigenvalue weighted by atomic mass is 79.9. The van der Waals surface area contributed by atoms with Crippen molar-refractivity contribution >= 4 is 15.9 Å². The summed E-state index contributed by atoms with van der Waals surface area (Å²) in [6, 6.07) is 13.6. The first-order chi connectivity index (χ1) is 10.0. The predicted molar refractivity (Wildman–Crippen MR) is 90.1 cm³/mol. The van der Waals surface area contributed by atoms with Crippen molar-refractivity contribution in [1.82, 2.24) is 5.32 Å². The molecular formula is C18H21BrFN. The Bertz CT molecular complexity index is 572. The summed E-state index contributed by atoms with van der Waals surface area (Å²) in [7, 11) is 1.87. The van der Waals surface area contributed by atoms with E-state index in [0.29, 0.717) is 11.5 Å². The molecule has 2 rings (SSSR count). The van der Waals surface area contributed by atoms with Crippen molar-refractivity contribution in [2.24, 2.45) is 0 Å². The Balaban J connectivity index is 2.23. The van der Waals surface area contributed by atoms with Gasteiger partial charge in [0.05, 0.1) is 0 Å². The average molecular weight is 350 g/mol. The molecule has 1 unspecified atom stereocenters. The molecule has 0 heterocycles. The molecule has 0 fully saturated rings. The monoisotopic (exact) mass is 349 g/mol. The van der Waals surface area contributed by atoms with Gasteiger partial charge in [-0.05, 0) is 42.6 Å². The summed E-state index contributed by atoms with van der Waals surface area (Å²) in [4.78, 5) is 0. The van der Waals surface area contributed by atoms with E-state index in [0.717, 1.165) is 10.9 Å². The van der Waals surface area contributed by atoms with E-state index in [-0.39, 0.29) is 11.9 Å². The van der Waals surface area contributed by atoms with Crippen LogP contribution in [0, 0.1) is 5.82 Å². The van der Waals surface area contributed by atoms with E-state index in [9.17, 15) is 4.39 Å². The van der Waals surface area contributed by atoms with Crippen LogP contribution in [-0.2, 0) is 6.42 Å². The molecule has 21 heavy (non-hydrogen) atoms. The molecule has 0 saturated heterocycles. The average Bonchev–Trinajstić information content (AvgIpc) is 2.46. The second-order valence-electron chi connectivity index (χ2n) is 5.58. The maximum atomic E-state index is 14.1. The Morgan fingerprint density at radius 2 is 1.76 bits per heavy atom. The molecule has 112 valence electrons. The quantitative estimate of drug-likeness (QED) is 0.780. The fourth-order valence-electron chi connectivity index (χ4n) is 2.47. The van der Waals surface area contributed by atoms with Crippen molar-refractivity contribution in [3.8, 4) is 0 Å². The van der Waals surface area contributed by atoms with Crippen LogP contribution in [0.3, 0.4) is 0 Å². The third-order valence-corrected chi connectivity index (χ3v) is 4.47. The SMILES string of the molecule is CNC(Cc1ccc(C(C)C)cc1)c1c(F)cccc1Br. The van der Waals surface area contributed by atoms with Crippen LogP contribution in [0.1, 0.15) is 42.5 Å². The summed E-state index contributed by atoms with van der Waals surface area (Å²) in [6.45, 7) is 4.36. The molecule has 1 atom stereocenters. The molecule has 1 N–H and O–H groups in total. The van der Waals surface area contributed by atoms with E-state index in [1.54, 1.807) is 6.07 Å². The Labute approximate surface area is 134 Å². The summed E-state index contributed by atoms with van der Waals surface area (Å²) in [6.07, 6.45) is 0.758. The van der Waals surface area contributed by atoms with Crippen LogP contribution in [0.2, 0.25) is 0 Å². The van der Waals surface area contributed by atoms with Crippen molar-refractivity contribution < 1.29 is 4.39 Å². The van der Waals surface area contributed by atoms with Crippen molar-refractivity contribution in [3.05, 3.63) is 69.4 Å². The zero-order valence-electron chi connectivity index (χ0n) is 12.7. The molecule has 0 radical (unpaired) electrons. The molecule has 2 aromatic carbocycles. The Morgan fingerprint density at radius 3 is 2.29 bits per heavy atom. The highest BCUT2D eigenvalue weighted by Crippen LogP contribution is 2.28. The van der Waals surface area contributed by atoms with Gasteiger partial charge in [0.15, 0.2) is 0 Å². The minimum absolute atomic E-state index is 0.0505. The van der Waals surface area contributed by atoms with E-state index in [4.69, 9.17) is 0 Å². The predicted octanol–water partition coefficient (Wildman–Crippen LogP) is 5.21. The topological polar surface area (TPSA) is 12.0 Å². The van der Waals surface area contributed by atoms with Gasteiger partial charge < -0.3 is 5.32 Å². The van der Waals surface area contributed by atoms with Gasteiger partial charge in [-0.15, -0.1) is 0 Å². The van der Waals surface area contributed by atoms with Crippen molar-refractivity contribution in [1.29, 1.82) is 0 Å². The van der Waals surface area contributed by atoms with Crippen LogP contribution in [0.25, 0.3) is 0 Å². The summed E-state index contributed by atoms with van der Waals surface area (Å²) >= 11 is 3.45. The molecule has 0 aliphatic heterocycles. The van der Waals surface area contributed by atoms with E-state index in [1.807, 2.05) is 13.1 Å². The molecule has 3 heteroatoms. The second-order valence-corrected chi connectivity index (χ2v) is 6.43. The summed E-state index contributed by atoms with van der Waals surface area (Å²) < 4.78 is 14.9. The van der Waals surface area contributed by atoms with Gasteiger partial charge in [0.1, 0.15) is 5.82 Å². The smallest absolute Gasteiger partial charge is 0.129 e. The van der Waals surface area contributed by atoms with Crippen molar-refractivity contribution in [3.63, 3.8) is 0 Å². The number of rotatable bonds is 5. The van der Waals surface area contributed by atoms with Gasteiger partial charge in [-0.1, -0.05) is 60.1 Å². The minimum Gasteiger partial charge on any atom is -0.313 e. The number of benzene rings is 2. The van der Waals surface area contributed by atoms with Gasteiger partial charge in [-0.25, -0.2) is 4.39 Å². The molecule has 0 bridgehead atoms. The van der Waals surface area contributed by atoms with Crippen LogP contribution >= 0.6 is 15.9 Å². The normalized spacial score (nSPS) is 12.7. The van der Waals surface area contributed by atoms with E-state index in [1.165, 1.54) is 17.2 Å². The standard InChI is InChI=1S/C18H21BrFN/c1-12(2)14-9-7-13(8-10-14)11-17(21-3)18-15(19)5-4-6-16(18)20/h4-10,12,17,21H,11H2,1-3H3. The molecule has 2 aromatic rings. The molecule has 1 nitrogen and oxygen atoms in total. The van der Waals surface area contributed by atoms with Crippen molar-refractivity contribution in [2.45, 2.75) is 32.2 Å². The van der Waals surface area contributed by atoms with Crippen LogP contribution in [0.5, 0.6) is 0 Å². The summed E-state index contributed by atoms with van der Waals surface area (Å²) in [5, 5.41) is 3.22. The summed E-state index contributed by atoms with van der Waals surface area (Å²) in [5.74, 6) is 0.349. The van der Waals surface area contributed by atoms with Crippen LogP contribution in [0.4, 0.5) is 4.39 Å². The molecule has 0 aliphatic rings. The van der Waals surface area contributed by atoms with E-state index in [2.05, 4.69) is 59.4 Å². The molecule has 0 saturated carbocycles. The highest BCUT2D eigenvalue weighted by molar-refractivity contribution is 9.10. The molecule has 0 aromatic heterocycles. The van der Waals surface area contributed by atoms with Crippen molar-refractivity contribution in [2.75, 3.05) is 7.05 Å². The lowest BCUT2D eigenvalue weighted by Crippen LogP contribution is -2.20. The Kier molecular flexibility index (Phi) is 5.54. The number of nitrogens with one attached hydrogen (secondary N) is 1. The lowest BCUT2D eigenvalue weighted by atomic mass is 9.96. The minimum atomic E-state index is -0.178. The lowest BCUT2D eigenvalue weighted by Gasteiger charge is -2.19. The van der Waals surface area contributed by atoms with Gasteiger partial charge in [0, 0.05) is 16.1 Å². The number of halogens is 2. The lowest BCUT2D eigenvalue weighted by molar-refractivity contribution is 0.531. The number of hydrogen-bond donors (Lipinski definition) is 1. The summed E-state index contributed by atoms with van der Waals surface area (Å²) in [5.41, 5.74) is 3.22. The van der Waals surface area contributed by atoms with Gasteiger partial charge >= 0.3 is 0 Å². The fraction of sp³-hybridized carbons (Fsp3) is 0.333. The second kappa shape index (κ2) is 7.19. The van der Waals surface area contributed by atoms with Gasteiger partial charge in [0.2, 0.25) is 0 Å².